The maximum atomic E-state index is 11.5. The Morgan fingerprint density at radius 2 is 2.00 bits per heavy atom. The Morgan fingerprint density at radius 1 is 1.36 bits per heavy atom. The Balaban J connectivity index is 2.82. The van der Waals surface area contributed by atoms with E-state index < -0.39 is 10.0 Å². The lowest BCUT2D eigenvalue weighted by molar-refractivity contribution is 0.584. The van der Waals surface area contributed by atoms with Gasteiger partial charge in [0, 0.05) is 6.21 Å². The maximum absolute atomic E-state index is 11.5. The molecule has 0 radical (unpaired) electrons. The Morgan fingerprint density at radius 3 is 2.57 bits per heavy atom. The lowest BCUT2D eigenvalue weighted by atomic mass is 10.4. The summed E-state index contributed by atoms with van der Waals surface area (Å²) in [6, 6.07) is 8.12. The molecule has 0 aliphatic rings. The fourth-order valence-electron chi connectivity index (χ4n) is 0.850. The van der Waals surface area contributed by atoms with E-state index in [0.717, 1.165) is 0 Å². The van der Waals surface area contributed by atoms with Crippen LogP contribution in [-0.4, -0.2) is 14.6 Å². The van der Waals surface area contributed by atoms with Crippen molar-refractivity contribution in [3.63, 3.8) is 0 Å². The standard InChI is InChI=1S/C9H12N2O2S/c1-2-8-10-11-14(12,13)9-6-4-3-5-7-9/h3-8,11H,2H2,1H3. The first kappa shape index (κ1) is 10.7. The molecule has 0 aliphatic carbocycles. The minimum atomic E-state index is -3.48. The van der Waals surface area contributed by atoms with Gasteiger partial charge >= 0.3 is 0 Å². The highest BCUT2D eigenvalue weighted by Gasteiger charge is 2.10. The molecule has 1 N–H and O–H groups in total. The number of nitrogens with one attached hydrogen (secondary N) is 1. The van der Waals surface area contributed by atoms with Gasteiger partial charge in [-0.15, -0.1) is 0 Å². The molecule has 0 unspecified atom stereocenters. The fourth-order valence-corrected chi connectivity index (χ4v) is 1.68. The minimum absolute atomic E-state index is 0.216. The van der Waals surface area contributed by atoms with Crippen molar-refractivity contribution in [2.75, 3.05) is 0 Å². The van der Waals surface area contributed by atoms with E-state index in [9.17, 15) is 8.42 Å². The Labute approximate surface area is 83.7 Å². The summed E-state index contributed by atoms with van der Waals surface area (Å²) in [6.45, 7) is 1.88. The van der Waals surface area contributed by atoms with E-state index in [-0.39, 0.29) is 4.90 Å². The molecule has 0 heterocycles. The average molecular weight is 212 g/mol. The van der Waals surface area contributed by atoms with Gasteiger partial charge in [-0.25, -0.2) is 4.83 Å². The lowest BCUT2D eigenvalue weighted by Crippen LogP contribution is -2.17. The fraction of sp³-hybridized carbons (Fsp3) is 0.222. The lowest BCUT2D eigenvalue weighted by Gasteiger charge is -2.01. The van der Waals surface area contributed by atoms with E-state index in [4.69, 9.17) is 0 Å². The van der Waals surface area contributed by atoms with Crippen LogP contribution >= 0.6 is 0 Å². The third kappa shape index (κ3) is 2.85. The first-order chi connectivity index (χ1) is 6.67. The first-order valence-corrected chi connectivity index (χ1v) is 5.73. The van der Waals surface area contributed by atoms with E-state index >= 15 is 0 Å². The smallest absolute Gasteiger partial charge is 0.200 e. The summed E-state index contributed by atoms with van der Waals surface area (Å²) in [6.07, 6.45) is 2.19. The molecule has 76 valence electrons. The average Bonchev–Trinajstić information content (AvgIpc) is 2.19. The van der Waals surface area contributed by atoms with Gasteiger partial charge in [0.2, 0.25) is 0 Å². The second-order valence-electron chi connectivity index (χ2n) is 2.63. The predicted molar refractivity (Wildman–Crippen MR) is 55.5 cm³/mol. The maximum Gasteiger partial charge on any atom is 0.276 e. The number of sulfonamides is 1. The van der Waals surface area contributed by atoms with Crippen LogP contribution in [-0.2, 0) is 10.0 Å². The van der Waals surface area contributed by atoms with E-state index in [1.165, 1.54) is 18.3 Å². The van der Waals surface area contributed by atoms with Crippen LogP contribution in [0.3, 0.4) is 0 Å². The molecule has 0 saturated heterocycles. The summed E-state index contributed by atoms with van der Waals surface area (Å²) in [5.41, 5.74) is 0. The second kappa shape index (κ2) is 4.76. The molecule has 1 rings (SSSR count). The molecular formula is C9H12N2O2S. The molecule has 0 saturated carbocycles. The largest absolute Gasteiger partial charge is 0.276 e. The van der Waals surface area contributed by atoms with Crippen molar-refractivity contribution in [3.05, 3.63) is 30.3 Å². The van der Waals surface area contributed by atoms with E-state index in [1.54, 1.807) is 18.2 Å². The molecule has 0 fully saturated rings. The third-order valence-electron chi connectivity index (χ3n) is 1.50. The van der Waals surface area contributed by atoms with Crippen molar-refractivity contribution >= 4 is 16.2 Å². The van der Waals surface area contributed by atoms with Crippen LogP contribution in [0.25, 0.3) is 0 Å². The Hall–Kier alpha value is -1.36. The molecule has 1 aromatic rings. The third-order valence-corrected chi connectivity index (χ3v) is 2.74. The van der Waals surface area contributed by atoms with E-state index in [0.29, 0.717) is 6.42 Å². The van der Waals surface area contributed by atoms with Crippen LogP contribution in [0.4, 0.5) is 0 Å². The SMILES string of the molecule is CCC=NNS(=O)(=O)c1ccccc1. The summed E-state index contributed by atoms with van der Waals surface area (Å²) in [7, 11) is -3.48. The highest BCUT2D eigenvalue weighted by atomic mass is 32.2. The van der Waals surface area contributed by atoms with Crippen LogP contribution in [0, 0.1) is 0 Å². The van der Waals surface area contributed by atoms with Gasteiger partial charge in [0.25, 0.3) is 10.0 Å². The molecule has 0 spiro atoms. The van der Waals surface area contributed by atoms with Crippen LogP contribution in [0.15, 0.2) is 40.3 Å². The van der Waals surface area contributed by atoms with Crippen molar-refractivity contribution in [2.45, 2.75) is 18.2 Å². The van der Waals surface area contributed by atoms with Crippen molar-refractivity contribution in [1.29, 1.82) is 0 Å². The molecular weight excluding hydrogens is 200 g/mol. The van der Waals surface area contributed by atoms with Gasteiger partial charge < -0.3 is 0 Å². The molecule has 0 aromatic heterocycles. The molecule has 0 amide bonds. The predicted octanol–water partition coefficient (Wildman–Crippen LogP) is 1.36. The molecule has 0 aliphatic heterocycles. The van der Waals surface area contributed by atoms with Gasteiger partial charge in [0.15, 0.2) is 0 Å². The molecule has 5 heteroatoms. The number of benzene rings is 1. The van der Waals surface area contributed by atoms with Crippen molar-refractivity contribution in [1.82, 2.24) is 4.83 Å². The Kier molecular flexibility index (Phi) is 3.64. The van der Waals surface area contributed by atoms with Crippen LogP contribution in [0.2, 0.25) is 0 Å². The summed E-state index contributed by atoms with van der Waals surface area (Å²) in [5, 5.41) is 3.57. The van der Waals surface area contributed by atoms with Gasteiger partial charge in [-0.05, 0) is 18.6 Å². The number of rotatable bonds is 4. The minimum Gasteiger partial charge on any atom is -0.200 e. The van der Waals surface area contributed by atoms with Crippen molar-refractivity contribution in [3.8, 4) is 0 Å². The second-order valence-corrected chi connectivity index (χ2v) is 4.29. The molecule has 0 atom stereocenters. The first-order valence-electron chi connectivity index (χ1n) is 4.25. The molecule has 14 heavy (non-hydrogen) atoms. The van der Waals surface area contributed by atoms with Gasteiger partial charge in [-0.3, -0.25) is 0 Å². The zero-order valence-electron chi connectivity index (χ0n) is 7.84. The van der Waals surface area contributed by atoms with E-state index in [1.807, 2.05) is 6.92 Å². The van der Waals surface area contributed by atoms with Gasteiger partial charge in [0.05, 0.1) is 4.90 Å². The number of hydrazone groups is 1. The van der Waals surface area contributed by atoms with Crippen LogP contribution in [0.5, 0.6) is 0 Å². The van der Waals surface area contributed by atoms with Crippen LogP contribution in [0.1, 0.15) is 13.3 Å². The highest BCUT2D eigenvalue weighted by Crippen LogP contribution is 2.06. The Bertz CT molecular complexity index is 398. The summed E-state index contributed by atoms with van der Waals surface area (Å²) >= 11 is 0. The van der Waals surface area contributed by atoms with Gasteiger partial charge in [-0.1, -0.05) is 25.1 Å². The monoisotopic (exact) mass is 212 g/mol. The summed E-state index contributed by atoms with van der Waals surface area (Å²) in [4.78, 5) is 2.33. The van der Waals surface area contributed by atoms with Gasteiger partial charge in [-0.2, -0.15) is 13.5 Å². The number of hydrogen-bond donors (Lipinski definition) is 1. The molecule has 0 bridgehead atoms. The summed E-state index contributed by atoms with van der Waals surface area (Å²) in [5.74, 6) is 0. The van der Waals surface area contributed by atoms with Crippen molar-refractivity contribution < 1.29 is 8.42 Å². The quantitative estimate of drug-likeness (QED) is 0.605. The van der Waals surface area contributed by atoms with Gasteiger partial charge in [0.1, 0.15) is 0 Å². The zero-order valence-corrected chi connectivity index (χ0v) is 8.66. The highest BCUT2D eigenvalue weighted by molar-refractivity contribution is 7.89. The number of nitrogens with zero attached hydrogens (tertiary/aromatic N) is 1. The van der Waals surface area contributed by atoms with E-state index in [2.05, 4.69) is 9.93 Å². The molecule has 4 nitrogen and oxygen atoms in total. The van der Waals surface area contributed by atoms with Crippen LogP contribution < -0.4 is 4.83 Å². The number of hydrogen-bond acceptors (Lipinski definition) is 3. The van der Waals surface area contributed by atoms with Crippen molar-refractivity contribution in [2.24, 2.45) is 5.10 Å². The summed E-state index contributed by atoms with van der Waals surface area (Å²) < 4.78 is 23.0. The normalized spacial score (nSPS) is 11.8. The zero-order chi connectivity index (χ0) is 10.4. The topological polar surface area (TPSA) is 58.5 Å². The molecule has 1 aromatic carbocycles.